The number of piperidine rings is 1. The fraction of sp³-hybridized carbons (Fsp3) is 0.571. The van der Waals surface area contributed by atoms with Crippen LogP contribution >= 0.6 is 11.6 Å². The standard InChI is InChI=1S/C14H19ClN6O/c1-14(2,21-7-11(15)6-17-21)13(22)19-5-3-4-12(8-19)20-10-16-9-18-20/h6-7,9-10,12H,3-5,8H2,1-2H3/t12-/m1/s1. The number of halogens is 1. The molecule has 0 bridgehead atoms. The molecular weight excluding hydrogens is 304 g/mol. The molecule has 7 nitrogen and oxygen atoms in total. The SMILES string of the molecule is CC(C)(C(=O)N1CCC[C@@H](n2cncn2)C1)n1cc(Cl)cn1. The molecule has 1 fully saturated rings. The van der Waals surface area contributed by atoms with Crippen LogP contribution in [0.1, 0.15) is 32.7 Å². The summed E-state index contributed by atoms with van der Waals surface area (Å²) in [5, 5.41) is 8.90. The van der Waals surface area contributed by atoms with Gasteiger partial charge in [0.15, 0.2) is 0 Å². The van der Waals surface area contributed by atoms with Crippen LogP contribution < -0.4 is 0 Å². The van der Waals surface area contributed by atoms with E-state index in [2.05, 4.69) is 15.2 Å². The van der Waals surface area contributed by atoms with E-state index >= 15 is 0 Å². The molecule has 1 atom stereocenters. The lowest BCUT2D eigenvalue weighted by molar-refractivity contribution is -0.141. The summed E-state index contributed by atoms with van der Waals surface area (Å²) >= 11 is 5.92. The second kappa shape index (κ2) is 5.72. The minimum atomic E-state index is -0.766. The van der Waals surface area contributed by atoms with Crippen molar-refractivity contribution < 1.29 is 4.79 Å². The van der Waals surface area contributed by atoms with E-state index in [9.17, 15) is 4.79 Å². The zero-order valence-electron chi connectivity index (χ0n) is 12.7. The van der Waals surface area contributed by atoms with Gasteiger partial charge in [0.05, 0.1) is 17.3 Å². The van der Waals surface area contributed by atoms with Gasteiger partial charge in [0.2, 0.25) is 5.91 Å². The zero-order chi connectivity index (χ0) is 15.7. The van der Waals surface area contributed by atoms with Gasteiger partial charge in [0, 0.05) is 19.3 Å². The van der Waals surface area contributed by atoms with Crippen molar-refractivity contribution in [2.24, 2.45) is 0 Å². The second-order valence-corrected chi connectivity index (χ2v) is 6.52. The molecule has 1 saturated heterocycles. The molecule has 22 heavy (non-hydrogen) atoms. The molecule has 1 amide bonds. The van der Waals surface area contributed by atoms with Crippen molar-refractivity contribution in [1.82, 2.24) is 29.4 Å². The molecule has 3 heterocycles. The van der Waals surface area contributed by atoms with Gasteiger partial charge in [-0.2, -0.15) is 10.2 Å². The fourth-order valence-corrected chi connectivity index (χ4v) is 2.99. The van der Waals surface area contributed by atoms with Crippen molar-refractivity contribution in [2.45, 2.75) is 38.3 Å². The van der Waals surface area contributed by atoms with Crippen molar-refractivity contribution in [3.63, 3.8) is 0 Å². The number of nitrogens with zero attached hydrogens (tertiary/aromatic N) is 6. The molecule has 118 valence electrons. The van der Waals surface area contributed by atoms with Crippen LogP contribution in [-0.4, -0.2) is 48.4 Å². The van der Waals surface area contributed by atoms with Gasteiger partial charge in [0.1, 0.15) is 18.2 Å². The molecule has 0 unspecified atom stereocenters. The summed E-state index contributed by atoms with van der Waals surface area (Å²) in [6.45, 7) is 5.11. The van der Waals surface area contributed by atoms with Crippen molar-refractivity contribution in [3.05, 3.63) is 30.1 Å². The Kier molecular flexibility index (Phi) is 3.90. The van der Waals surface area contributed by atoms with E-state index in [1.807, 2.05) is 23.4 Å². The highest BCUT2D eigenvalue weighted by Gasteiger charge is 2.37. The number of amides is 1. The number of hydrogen-bond acceptors (Lipinski definition) is 4. The van der Waals surface area contributed by atoms with E-state index in [1.54, 1.807) is 23.4 Å². The maximum atomic E-state index is 12.9. The van der Waals surface area contributed by atoms with Gasteiger partial charge in [0.25, 0.3) is 0 Å². The van der Waals surface area contributed by atoms with Gasteiger partial charge in [-0.3, -0.25) is 9.48 Å². The summed E-state index contributed by atoms with van der Waals surface area (Å²) < 4.78 is 3.45. The van der Waals surface area contributed by atoms with Crippen molar-refractivity contribution >= 4 is 17.5 Å². The highest BCUT2D eigenvalue weighted by molar-refractivity contribution is 6.30. The Labute approximate surface area is 133 Å². The Morgan fingerprint density at radius 3 is 2.86 bits per heavy atom. The van der Waals surface area contributed by atoms with Crippen LogP contribution in [0.2, 0.25) is 5.02 Å². The summed E-state index contributed by atoms with van der Waals surface area (Å²) in [7, 11) is 0. The number of aromatic nitrogens is 5. The summed E-state index contributed by atoms with van der Waals surface area (Å²) in [6.07, 6.45) is 8.41. The first-order valence-corrected chi connectivity index (χ1v) is 7.70. The van der Waals surface area contributed by atoms with Gasteiger partial charge in [-0.25, -0.2) is 9.67 Å². The van der Waals surface area contributed by atoms with Gasteiger partial charge in [-0.1, -0.05) is 11.6 Å². The van der Waals surface area contributed by atoms with Crippen LogP contribution in [-0.2, 0) is 10.3 Å². The predicted molar refractivity (Wildman–Crippen MR) is 81.4 cm³/mol. The van der Waals surface area contributed by atoms with Crippen LogP contribution in [0.3, 0.4) is 0 Å². The van der Waals surface area contributed by atoms with E-state index < -0.39 is 5.54 Å². The van der Waals surface area contributed by atoms with Crippen LogP contribution in [0.15, 0.2) is 25.0 Å². The molecule has 2 aromatic heterocycles. The van der Waals surface area contributed by atoms with Crippen LogP contribution in [0, 0.1) is 0 Å². The van der Waals surface area contributed by atoms with Crippen LogP contribution in [0.4, 0.5) is 0 Å². The van der Waals surface area contributed by atoms with Gasteiger partial charge < -0.3 is 4.90 Å². The average Bonchev–Trinajstić information content (AvgIpc) is 3.18. The van der Waals surface area contributed by atoms with Crippen molar-refractivity contribution in [3.8, 4) is 0 Å². The van der Waals surface area contributed by atoms with Crippen molar-refractivity contribution in [2.75, 3.05) is 13.1 Å². The first kappa shape index (κ1) is 15.0. The molecular formula is C14H19ClN6O. The molecule has 8 heteroatoms. The summed E-state index contributed by atoms with van der Waals surface area (Å²) in [5.74, 6) is 0.0390. The van der Waals surface area contributed by atoms with Gasteiger partial charge >= 0.3 is 0 Å². The van der Waals surface area contributed by atoms with E-state index in [4.69, 9.17) is 11.6 Å². The quantitative estimate of drug-likeness (QED) is 0.863. The molecule has 0 saturated carbocycles. The third-order valence-electron chi connectivity index (χ3n) is 4.14. The van der Waals surface area contributed by atoms with E-state index in [-0.39, 0.29) is 11.9 Å². The molecule has 0 radical (unpaired) electrons. The Morgan fingerprint density at radius 1 is 1.41 bits per heavy atom. The molecule has 2 aromatic rings. The third kappa shape index (κ3) is 2.72. The average molecular weight is 323 g/mol. The normalized spacial score (nSPS) is 19.4. The smallest absolute Gasteiger partial charge is 0.250 e. The van der Waals surface area contributed by atoms with Crippen molar-refractivity contribution in [1.29, 1.82) is 0 Å². The molecule has 0 aromatic carbocycles. The predicted octanol–water partition coefficient (Wildman–Crippen LogP) is 1.73. The number of carbonyl (C=O) groups is 1. The lowest BCUT2D eigenvalue weighted by Crippen LogP contribution is -2.50. The summed E-state index contributed by atoms with van der Waals surface area (Å²) in [6, 6.07) is 0.178. The maximum Gasteiger partial charge on any atom is 0.250 e. The monoisotopic (exact) mass is 322 g/mol. The van der Waals surface area contributed by atoms with Crippen LogP contribution in [0.25, 0.3) is 0 Å². The largest absolute Gasteiger partial charge is 0.338 e. The number of rotatable bonds is 3. The zero-order valence-corrected chi connectivity index (χ0v) is 13.4. The summed E-state index contributed by atoms with van der Waals surface area (Å²) in [4.78, 5) is 18.8. The van der Waals surface area contributed by atoms with Crippen LogP contribution in [0.5, 0.6) is 0 Å². The molecule has 3 rings (SSSR count). The molecule has 0 aliphatic carbocycles. The number of hydrogen-bond donors (Lipinski definition) is 0. The fourth-order valence-electron chi connectivity index (χ4n) is 2.85. The topological polar surface area (TPSA) is 68.8 Å². The molecule has 1 aliphatic rings. The summed E-state index contributed by atoms with van der Waals surface area (Å²) in [5.41, 5.74) is -0.766. The Morgan fingerprint density at radius 2 is 2.23 bits per heavy atom. The lowest BCUT2D eigenvalue weighted by atomic mass is 9.99. The minimum absolute atomic E-state index is 0.0390. The Bertz CT molecular complexity index is 650. The molecule has 0 N–H and O–H groups in total. The molecule has 0 spiro atoms. The Hall–Kier alpha value is -1.89. The number of carbonyl (C=O) groups excluding carboxylic acids is 1. The van der Waals surface area contributed by atoms with E-state index in [1.165, 1.54) is 6.33 Å². The molecule has 1 aliphatic heterocycles. The maximum absolute atomic E-state index is 12.9. The highest BCUT2D eigenvalue weighted by Crippen LogP contribution is 2.26. The van der Waals surface area contributed by atoms with E-state index in [0.29, 0.717) is 11.6 Å². The first-order chi connectivity index (χ1) is 10.5. The second-order valence-electron chi connectivity index (χ2n) is 6.08. The van der Waals surface area contributed by atoms with E-state index in [0.717, 1.165) is 19.4 Å². The third-order valence-corrected chi connectivity index (χ3v) is 4.34. The van der Waals surface area contributed by atoms with Gasteiger partial charge in [-0.15, -0.1) is 0 Å². The number of likely N-dealkylation sites (tertiary alicyclic amines) is 1. The lowest BCUT2D eigenvalue weighted by Gasteiger charge is -2.37. The first-order valence-electron chi connectivity index (χ1n) is 7.32. The minimum Gasteiger partial charge on any atom is -0.338 e. The van der Waals surface area contributed by atoms with Gasteiger partial charge in [-0.05, 0) is 26.7 Å². The highest BCUT2D eigenvalue weighted by atomic mass is 35.5. The Balaban J connectivity index is 1.76.